The lowest BCUT2D eigenvalue weighted by molar-refractivity contribution is 0.181. The zero-order valence-electron chi connectivity index (χ0n) is 17.8. The predicted octanol–water partition coefficient (Wildman–Crippen LogP) is 3.50. The minimum atomic E-state index is 0.618. The molecule has 5 heteroatoms. The fourth-order valence-corrected chi connectivity index (χ4v) is 4.14. The molecule has 1 unspecified atom stereocenters. The third-order valence-corrected chi connectivity index (χ3v) is 5.79. The monoisotopic (exact) mass is 386 g/mol. The minimum Gasteiger partial charge on any atom is -0.381 e. The van der Waals surface area contributed by atoms with Crippen molar-refractivity contribution in [1.29, 1.82) is 0 Å². The van der Waals surface area contributed by atoms with Gasteiger partial charge in [-0.1, -0.05) is 37.1 Å². The van der Waals surface area contributed by atoms with Gasteiger partial charge in [0.25, 0.3) is 0 Å². The first-order valence-electron chi connectivity index (χ1n) is 11.1. The van der Waals surface area contributed by atoms with E-state index in [1.54, 1.807) is 0 Å². The van der Waals surface area contributed by atoms with Gasteiger partial charge in [0.2, 0.25) is 0 Å². The number of rotatable bonds is 7. The Labute approximate surface area is 171 Å². The molecule has 0 aromatic heterocycles. The van der Waals surface area contributed by atoms with Crippen LogP contribution in [0, 0.1) is 5.92 Å². The SMILES string of the molecule is CCNC(=NCc1ccc(CN2CCCCCC2)cc1)N(C)CC1CCOC1. The predicted molar refractivity (Wildman–Crippen MR) is 117 cm³/mol. The zero-order chi connectivity index (χ0) is 19.6. The van der Waals surface area contributed by atoms with Crippen molar-refractivity contribution >= 4 is 5.96 Å². The Morgan fingerprint density at radius 3 is 2.50 bits per heavy atom. The molecular weight excluding hydrogens is 348 g/mol. The highest BCUT2D eigenvalue weighted by Crippen LogP contribution is 2.15. The molecule has 28 heavy (non-hydrogen) atoms. The van der Waals surface area contributed by atoms with E-state index in [2.05, 4.69) is 53.4 Å². The molecule has 0 saturated carbocycles. The van der Waals surface area contributed by atoms with Crippen LogP contribution in [0.1, 0.15) is 50.2 Å². The Bertz CT molecular complexity index is 587. The molecule has 0 amide bonds. The highest BCUT2D eigenvalue weighted by Gasteiger charge is 2.19. The molecule has 5 nitrogen and oxygen atoms in total. The Balaban J connectivity index is 1.53. The first kappa shape index (κ1) is 21.1. The zero-order valence-corrected chi connectivity index (χ0v) is 17.8. The number of nitrogens with one attached hydrogen (secondary N) is 1. The average Bonchev–Trinajstić information content (AvgIpc) is 3.08. The largest absolute Gasteiger partial charge is 0.381 e. The summed E-state index contributed by atoms with van der Waals surface area (Å²) in [5.74, 6) is 1.61. The van der Waals surface area contributed by atoms with Gasteiger partial charge in [-0.15, -0.1) is 0 Å². The molecule has 0 spiro atoms. The van der Waals surface area contributed by atoms with Gasteiger partial charge in [0.15, 0.2) is 5.96 Å². The van der Waals surface area contributed by atoms with Crippen LogP contribution in [0.2, 0.25) is 0 Å². The molecule has 2 aliphatic heterocycles. The van der Waals surface area contributed by atoms with Gasteiger partial charge in [-0.25, -0.2) is 4.99 Å². The van der Waals surface area contributed by atoms with Crippen LogP contribution in [0.5, 0.6) is 0 Å². The molecule has 2 fully saturated rings. The van der Waals surface area contributed by atoms with Gasteiger partial charge in [0, 0.05) is 39.2 Å². The molecule has 1 atom stereocenters. The summed E-state index contributed by atoms with van der Waals surface area (Å²) in [5.41, 5.74) is 2.69. The molecule has 3 rings (SSSR count). The van der Waals surface area contributed by atoms with E-state index in [0.29, 0.717) is 5.92 Å². The molecule has 0 radical (unpaired) electrons. The van der Waals surface area contributed by atoms with Gasteiger partial charge in [0.05, 0.1) is 13.2 Å². The van der Waals surface area contributed by atoms with Gasteiger partial charge < -0.3 is 15.0 Å². The molecular formula is C23H38N4O. The highest BCUT2D eigenvalue weighted by molar-refractivity contribution is 5.79. The highest BCUT2D eigenvalue weighted by atomic mass is 16.5. The number of benzene rings is 1. The smallest absolute Gasteiger partial charge is 0.193 e. The third-order valence-electron chi connectivity index (χ3n) is 5.79. The quantitative estimate of drug-likeness (QED) is 0.575. The first-order valence-corrected chi connectivity index (χ1v) is 11.1. The second-order valence-electron chi connectivity index (χ2n) is 8.29. The molecule has 2 saturated heterocycles. The van der Waals surface area contributed by atoms with E-state index in [9.17, 15) is 0 Å². The summed E-state index contributed by atoms with van der Waals surface area (Å²) in [6, 6.07) is 9.04. The Hall–Kier alpha value is -1.59. The summed E-state index contributed by atoms with van der Waals surface area (Å²) in [6.45, 7) is 10.1. The summed E-state index contributed by atoms with van der Waals surface area (Å²) in [5, 5.41) is 3.43. The van der Waals surface area contributed by atoms with Crippen LogP contribution in [0.25, 0.3) is 0 Å². The van der Waals surface area contributed by atoms with Crippen molar-refractivity contribution in [2.75, 3.05) is 46.4 Å². The van der Waals surface area contributed by atoms with Crippen LogP contribution >= 0.6 is 0 Å². The third kappa shape index (κ3) is 6.78. The molecule has 1 aromatic carbocycles. The molecule has 1 N–H and O–H groups in total. The molecule has 0 bridgehead atoms. The summed E-state index contributed by atoms with van der Waals surface area (Å²) >= 11 is 0. The van der Waals surface area contributed by atoms with Crippen molar-refractivity contribution in [3.63, 3.8) is 0 Å². The van der Waals surface area contributed by atoms with Crippen molar-refractivity contribution in [2.24, 2.45) is 10.9 Å². The van der Waals surface area contributed by atoms with E-state index in [0.717, 1.165) is 51.8 Å². The second-order valence-corrected chi connectivity index (χ2v) is 8.29. The lowest BCUT2D eigenvalue weighted by Crippen LogP contribution is -2.41. The van der Waals surface area contributed by atoms with Crippen molar-refractivity contribution in [2.45, 2.75) is 52.1 Å². The van der Waals surface area contributed by atoms with E-state index in [4.69, 9.17) is 9.73 Å². The first-order chi connectivity index (χ1) is 13.7. The average molecular weight is 387 g/mol. The Morgan fingerprint density at radius 1 is 1.14 bits per heavy atom. The fraction of sp³-hybridized carbons (Fsp3) is 0.696. The van der Waals surface area contributed by atoms with Gasteiger partial charge in [-0.2, -0.15) is 0 Å². The summed E-state index contributed by atoms with van der Waals surface area (Å²) in [7, 11) is 2.13. The number of hydrogen-bond acceptors (Lipinski definition) is 3. The van der Waals surface area contributed by atoms with Crippen molar-refractivity contribution < 1.29 is 4.74 Å². The van der Waals surface area contributed by atoms with E-state index < -0.39 is 0 Å². The minimum absolute atomic E-state index is 0.618. The molecule has 0 aliphatic carbocycles. The molecule has 156 valence electrons. The maximum absolute atomic E-state index is 5.51. The summed E-state index contributed by atoms with van der Waals surface area (Å²) < 4.78 is 5.51. The molecule has 1 aromatic rings. The number of guanidine groups is 1. The van der Waals surface area contributed by atoms with E-state index in [1.165, 1.54) is 49.9 Å². The van der Waals surface area contributed by atoms with Crippen LogP contribution in [0.15, 0.2) is 29.3 Å². The lowest BCUT2D eigenvalue weighted by Gasteiger charge is -2.24. The lowest BCUT2D eigenvalue weighted by atomic mass is 10.1. The number of ether oxygens (including phenoxy) is 1. The van der Waals surface area contributed by atoms with Crippen molar-refractivity contribution in [3.8, 4) is 0 Å². The Kier molecular flexibility index (Phi) is 8.62. The second kappa shape index (κ2) is 11.4. The van der Waals surface area contributed by atoms with Crippen LogP contribution in [-0.4, -0.2) is 62.2 Å². The van der Waals surface area contributed by atoms with Crippen LogP contribution in [0.3, 0.4) is 0 Å². The van der Waals surface area contributed by atoms with Gasteiger partial charge in [-0.3, -0.25) is 4.90 Å². The number of nitrogens with zero attached hydrogens (tertiary/aromatic N) is 3. The van der Waals surface area contributed by atoms with Gasteiger partial charge in [-0.05, 0) is 50.4 Å². The topological polar surface area (TPSA) is 40.1 Å². The maximum Gasteiger partial charge on any atom is 0.193 e. The standard InChI is InChI=1S/C23H38N4O/c1-3-24-23(26(2)17-22-12-15-28-19-22)25-16-20-8-10-21(11-9-20)18-27-13-6-4-5-7-14-27/h8-11,22H,3-7,12-19H2,1-2H3,(H,24,25). The van der Waals surface area contributed by atoms with E-state index in [1.807, 2.05) is 0 Å². The molecule has 2 aliphatic rings. The number of likely N-dealkylation sites (tertiary alicyclic amines) is 1. The van der Waals surface area contributed by atoms with Crippen molar-refractivity contribution in [3.05, 3.63) is 35.4 Å². The Morgan fingerprint density at radius 2 is 1.86 bits per heavy atom. The summed E-state index contributed by atoms with van der Waals surface area (Å²) in [4.78, 5) is 9.71. The number of hydrogen-bond donors (Lipinski definition) is 1. The van der Waals surface area contributed by atoms with E-state index >= 15 is 0 Å². The molecule has 2 heterocycles. The fourth-order valence-electron chi connectivity index (χ4n) is 4.14. The van der Waals surface area contributed by atoms with E-state index in [-0.39, 0.29) is 0 Å². The van der Waals surface area contributed by atoms with Crippen LogP contribution in [0.4, 0.5) is 0 Å². The van der Waals surface area contributed by atoms with Gasteiger partial charge in [0.1, 0.15) is 0 Å². The normalized spacial score (nSPS) is 21.5. The maximum atomic E-state index is 5.51. The van der Waals surface area contributed by atoms with Crippen LogP contribution < -0.4 is 5.32 Å². The number of aliphatic imine (C=N–C) groups is 1. The summed E-state index contributed by atoms with van der Waals surface area (Å²) in [6.07, 6.45) is 6.64. The van der Waals surface area contributed by atoms with Crippen molar-refractivity contribution in [1.82, 2.24) is 15.1 Å². The van der Waals surface area contributed by atoms with Gasteiger partial charge >= 0.3 is 0 Å². The van der Waals surface area contributed by atoms with Crippen LogP contribution in [-0.2, 0) is 17.8 Å².